The molecule has 0 atom stereocenters. The van der Waals surface area contributed by atoms with E-state index in [0.29, 0.717) is 11.3 Å². The lowest BCUT2D eigenvalue weighted by atomic mass is 10.0. The molecule has 0 spiro atoms. The van der Waals surface area contributed by atoms with Gasteiger partial charge in [0.15, 0.2) is 17.5 Å². The zero-order chi connectivity index (χ0) is 25.6. The predicted molar refractivity (Wildman–Crippen MR) is 127 cm³/mol. The van der Waals surface area contributed by atoms with Gasteiger partial charge in [-0.25, -0.2) is 18.7 Å². The highest BCUT2D eigenvalue weighted by molar-refractivity contribution is 5.91. The van der Waals surface area contributed by atoms with Crippen LogP contribution in [0.15, 0.2) is 60.7 Å². The molecule has 0 aliphatic heterocycles. The molecular weight excluding hydrogens is 477 g/mol. The van der Waals surface area contributed by atoms with Crippen molar-refractivity contribution < 1.29 is 22.0 Å². The van der Waals surface area contributed by atoms with Crippen molar-refractivity contribution in [1.29, 1.82) is 0 Å². The maximum atomic E-state index is 14.1. The number of nitrogens with zero attached hydrogens (tertiary/aromatic N) is 3. The van der Waals surface area contributed by atoms with Gasteiger partial charge in [-0.3, -0.25) is 5.10 Å². The average Bonchev–Trinajstić information content (AvgIpc) is 3.22. The number of aryl methyl sites for hydroxylation is 2. The number of halogens is 5. The summed E-state index contributed by atoms with van der Waals surface area (Å²) in [4.78, 5) is 8.75. The van der Waals surface area contributed by atoms with Crippen molar-refractivity contribution in [1.82, 2.24) is 20.2 Å². The highest BCUT2D eigenvalue weighted by Crippen LogP contribution is 2.37. The van der Waals surface area contributed by atoms with Crippen molar-refractivity contribution in [3.8, 4) is 22.6 Å². The molecular formula is C26H18F5N5. The summed E-state index contributed by atoms with van der Waals surface area (Å²) in [7, 11) is 0. The minimum absolute atomic E-state index is 0.0232. The van der Waals surface area contributed by atoms with Crippen molar-refractivity contribution in [2.24, 2.45) is 0 Å². The Morgan fingerprint density at radius 2 is 1.64 bits per heavy atom. The SMILES string of the molecule is Cc1ccc(-c2cc(Nc3n[nH]c4c(F)cc(F)cc34)nc(-c3ccccc3C(F)(F)F)n2)cc1C. The molecule has 5 nitrogen and oxygen atoms in total. The standard InChI is InChI=1S/C26H18F5N5/c1-13-7-8-15(9-14(13)2)21-12-22(34-25-18-10-16(27)11-20(28)23(18)35-36-25)33-24(32-21)17-5-3-4-6-19(17)26(29,30)31/h3-12H,1-2H3,(H2,32,33,34,35,36). The van der Waals surface area contributed by atoms with Crippen LogP contribution in [0.1, 0.15) is 16.7 Å². The van der Waals surface area contributed by atoms with Crippen LogP contribution in [-0.2, 0) is 6.18 Å². The molecule has 0 bridgehead atoms. The van der Waals surface area contributed by atoms with Crippen molar-refractivity contribution in [2.75, 3.05) is 5.32 Å². The molecule has 3 aromatic carbocycles. The van der Waals surface area contributed by atoms with Gasteiger partial charge in [0.2, 0.25) is 0 Å². The zero-order valence-corrected chi connectivity index (χ0v) is 19.0. The van der Waals surface area contributed by atoms with Gasteiger partial charge in [0, 0.05) is 23.3 Å². The number of H-pyrrole nitrogens is 1. The Kier molecular flexibility index (Phi) is 5.66. The Bertz CT molecular complexity index is 1610. The molecule has 0 amide bonds. The molecule has 5 aromatic rings. The zero-order valence-electron chi connectivity index (χ0n) is 19.0. The highest BCUT2D eigenvalue weighted by Gasteiger charge is 2.34. The molecule has 0 unspecified atom stereocenters. The van der Waals surface area contributed by atoms with E-state index >= 15 is 0 Å². The van der Waals surface area contributed by atoms with Gasteiger partial charge in [0.1, 0.15) is 17.2 Å². The Balaban J connectivity index is 1.69. The van der Waals surface area contributed by atoms with Crippen LogP contribution in [0.2, 0.25) is 0 Å². The number of hydrogen-bond donors (Lipinski definition) is 2. The lowest BCUT2D eigenvalue weighted by Crippen LogP contribution is -2.09. The third-order valence-electron chi connectivity index (χ3n) is 5.84. The number of benzene rings is 3. The van der Waals surface area contributed by atoms with Gasteiger partial charge in [-0.2, -0.15) is 18.3 Å². The van der Waals surface area contributed by atoms with Gasteiger partial charge in [-0.1, -0.05) is 30.3 Å². The molecule has 0 saturated carbocycles. The summed E-state index contributed by atoms with van der Waals surface area (Å²) in [5.41, 5.74) is 1.93. The van der Waals surface area contributed by atoms with Crippen LogP contribution in [0.4, 0.5) is 33.6 Å². The Labute approximate surface area is 202 Å². The quantitative estimate of drug-likeness (QED) is 0.256. The average molecular weight is 495 g/mol. The Morgan fingerprint density at radius 3 is 2.39 bits per heavy atom. The summed E-state index contributed by atoms with van der Waals surface area (Å²) in [5, 5.41) is 9.49. The first kappa shape index (κ1) is 23.4. The fourth-order valence-corrected chi connectivity index (χ4v) is 3.87. The molecule has 2 N–H and O–H groups in total. The van der Waals surface area contributed by atoms with E-state index in [2.05, 4.69) is 25.5 Å². The maximum Gasteiger partial charge on any atom is 0.417 e. The van der Waals surface area contributed by atoms with Crippen LogP contribution >= 0.6 is 0 Å². The highest BCUT2D eigenvalue weighted by atomic mass is 19.4. The minimum atomic E-state index is -4.63. The molecule has 2 aromatic heterocycles. The topological polar surface area (TPSA) is 66.5 Å². The van der Waals surface area contributed by atoms with Crippen LogP contribution in [0.3, 0.4) is 0 Å². The first-order valence-corrected chi connectivity index (χ1v) is 10.8. The maximum absolute atomic E-state index is 14.1. The van der Waals surface area contributed by atoms with Crippen molar-refractivity contribution in [3.63, 3.8) is 0 Å². The molecule has 0 aliphatic rings. The smallest absolute Gasteiger partial charge is 0.323 e. The molecule has 36 heavy (non-hydrogen) atoms. The second-order valence-electron chi connectivity index (χ2n) is 8.31. The van der Waals surface area contributed by atoms with E-state index in [-0.39, 0.29) is 33.9 Å². The summed E-state index contributed by atoms with van der Waals surface area (Å²) in [6.07, 6.45) is -4.63. The van der Waals surface area contributed by atoms with E-state index in [1.807, 2.05) is 32.0 Å². The van der Waals surface area contributed by atoms with Gasteiger partial charge in [-0.05, 0) is 43.2 Å². The third-order valence-corrected chi connectivity index (χ3v) is 5.84. The van der Waals surface area contributed by atoms with E-state index in [1.165, 1.54) is 18.2 Å². The van der Waals surface area contributed by atoms with Crippen LogP contribution in [0.5, 0.6) is 0 Å². The molecule has 0 fully saturated rings. The number of rotatable bonds is 4. The van der Waals surface area contributed by atoms with E-state index in [0.717, 1.165) is 29.3 Å². The van der Waals surface area contributed by atoms with Gasteiger partial charge in [-0.15, -0.1) is 0 Å². The fraction of sp³-hybridized carbons (Fsp3) is 0.115. The molecule has 10 heteroatoms. The van der Waals surface area contributed by atoms with Crippen molar-refractivity contribution in [2.45, 2.75) is 20.0 Å². The summed E-state index contributed by atoms with van der Waals surface area (Å²) in [6, 6.07) is 13.9. The van der Waals surface area contributed by atoms with Crippen LogP contribution < -0.4 is 5.32 Å². The summed E-state index contributed by atoms with van der Waals surface area (Å²) in [6.45, 7) is 3.86. The van der Waals surface area contributed by atoms with Gasteiger partial charge < -0.3 is 5.32 Å². The van der Waals surface area contributed by atoms with Gasteiger partial charge >= 0.3 is 6.18 Å². The number of hydrogen-bond acceptors (Lipinski definition) is 4. The molecule has 0 aliphatic carbocycles. The fourth-order valence-electron chi connectivity index (χ4n) is 3.87. The van der Waals surface area contributed by atoms with E-state index in [9.17, 15) is 22.0 Å². The lowest BCUT2D eigenvalue weighted by Gasteiger charge is -2.14. The number of anilines is 2. The van der Waals surface area contributed by atoms with Crippen molar-refractivity contribution >= 4 is 22.5 Å². The number of alkyl halides is 3. The lowest BCUT2D eigenvalue weighted by molar-refractivity contribution is -0.137. The number of aromatic amines is 1. The molecule has 5 rings (SSSR count). The molecule has 0 saturated heterocycles. The van der Waals surface area contributed by atoms with Crippen LogP contribution in [-0.4, -0.2) is 20.2 Å². The number of aromatic nitrogens is 4. The van der Waals surface area contributed by atoms with E-state index < -0.39 is 23.4 Å². The predicted octanol–water partition coefficient (Wildman–Crippen LogP) is 7.34. The number of fused-ring (bicyclic) bond motifs is 1. The van der Waals surface area contributed by atoms with Crippen LogP contribution in [0.25, 0.3) is 33.5 Å². The second-order valence-corrected chi connectivity index (χ2v) is 8.31. The third kappa shape index (κ3) is 4.37. The van der Waals surface area contributed by atoms with E-state index in [4.69, 9.17) is 0 Å². The summed E-state index contributed by atoms with van der Waals surface area (Å²) >= 11 is 0. The monoisotopic (exact) mass is 495 g/mol. The molecule has 182 valence electrons. The normalized spacial score (nSPS) is 11.8. The van der Waals surface area contributed by atoms with Crippen molar-refractivity contribution in [3.05, 3.63) is 89.0 Å². The van der Waals surface area contributed by atoms with E-state index in [1.54, 1.807) is 6.07 Å². The Hall–Kier alpha value is -4.34. The molecule has 2 heterocycles. The van der Waals surface area contributed by atoms with Gasteiger partial charge in [0.05, 0.1) is 16.6 Å². The minimum Gasteiger partial charge on any atom is -0.323 e. The first-order chi connectivity index (χ1) is 17.1. The van der Waals surface area contributed by atoms with Crippen LogP contribution in [0, 0.1) is 25.5 Å². The van der Waals surface area contributed by atoms with Gasteiger partial charge in [0.25, 0.3) is 0 Å². The first-order valence-electron chi connectivity index (χ1n) is 10.8. The summed E-state index contributed by atoms with van der Waals surface area (Å²) < 4.78 is 69.2. The largest absolute Gasteiger partial charge is 0.417 e. The number of nitrogens with one attached hydrogen (secondary N) is 2. The Morgan fingerprint density at radius 1 is 0.861 bits per heavy atom. The molecule has 0 radical (unpaired) electrons. The second kappa shape index (κ2) is 8.71. The summed E-state index contributed by atoms with van der Waals surface area (Å²) in [5.74, 6) is -1.64.